The normalized spacial score (nSPS) is 12.7. The molecule has 2 rings (SSSR count). The van der Waals surface area contributed by atoms with E-state index in [1.807, 2.05) is 25.8 Å². The molecule has 2 aromatic rings. The van der Waals surface area contributed by atoms with E-state index >= 15 is 0 Å². The minimum Gasteiger partial charge on any atom is -0.350 e. The van der Waals surface area contributed by atoms with E-state index in [9.17, 15) is 9.18 Å². The molecule has 2 atom stereocenters. The number of anilines is 1. The summed E-state index contributed by atoms with van der Waals surface area (Å²) >= 11 is 0. The molecule has 0 aliphatic carbocycles. The van der Waals surface area contributed by atoms with Crippen molar-refractivity contribution < 1.29 is 9.18 Å². The zero-order valence-electron chi connectivity index (χ0n) is 17.4. The molecule has 1 unspecified atom stereocenters. The van der Waals surface area contributed by atoms with Gasteiger partial charge < -0.3 is 20.9 Å². The number of carbonyl (C=O) groups is 1. The summed E-state index contributed by atoms with van der Waals surface area (Å²) in [5, 5.41) is 8.92. The first-order chi connectivity index (χ1) is 14.3. The fourth-order valence-electron chi connectivity index (χ4n) is 2.53. The Hall–Kier alpha value is -3.68. The smallest absolute Gasteiger partial charge is 0.255 e. The molecule has 0 aliphatic heterocycles. The number of aliphatic imine (C=N–C) groups is 1. The zero-order chi connectivity index (χ0) is 22.1. The molecule has 158 valence electrons. The first-order valence-electron chi connectivity index (χ1n) is 9.42. The maximum absolute atomic E-state index is 13.1. The SMILES string of the molecule is C=CNC(=C)N=CN(C)C(C)Nc1ncccc1C(=O)N[C@@H](C)c1ccc(F)cc1. The molecule has 0 saturated heterocycles. The molecule has 0 spiro atoms. The van der Waals surface area contributed by atoms with Crippen molar-refractivity contribution in [1.29, 1.82) is 0 Å². The monoisotopic (exact) mass is 410 g/mol. The third-order valence-electron chi connectivity index (χ3n) is 4.39. The summed E-state index contributed by atoms with van der Waals surface area (Å²) in [6.45, 7) is 11.0. The Balaban J connectivity index is 2.07. The highest BCUT2D eigenvalue weighted by Gasteiger charge is 2.17. The van der Waals surface area contributed by atoms with Gasteiger partial charge in [-0.05, 0) is 49.9 Å². The van der Waals surface area contributed by atoms with Crippen LogP contribution < -0.4 is 16.0 Å². The van der Waals surface area contributed by atoms with Crippen molar-refractivity contribution in [2.75, 3.05) is 12.4 Å². The van der Waals surface area contributed by atoms with Gasteiger partial charge in [0.2, 0.25) is 0 Å². The number of hydrogen-bond acceptors (Lipinski definition) is 5. The van der Waals surface area contributed by atoms with Crippen LogP contribution >= 0.6 is 0 Å². The fourth-order valence-corrected chi connectivity index (χ4v) is 2.53. The average molecular weight is 410 g/mol. The van der Waals surface area contributed by atoms with E-state index < -0.39 is 0 Å². The summed E-state index contributed by atoms with van der Waals surface area (Å²) in [7, 11) is 1.83. The quantitative estimate of drug-likeness (QED) is 0.317. The van der Waals surface area contributed by atoms with Gasteiger partial charge in [0.15, 0.2) is 0 Å². The molecule has 0 aliphatic rings. The number of hydrogen-bond donors (Lipinski definition) is 3. The van der Waals surface area contributed by atoms with E-state index in [1.54, 1.807) is 36.8 Å². The van der Waals surface area contributed by atoms with Crippen LogP contribution in [-0.2, 0) is 0 Å². The summed E-state index contributed by atoms with van der Waals surface area (Å²) in [6, 6.07) is 9.13. The molecule has 1 aromatic carbocycles. The molecular formula is C22H27FN6O. The second kappa shape index (κ2) is 10.8. The van der Waals surface area contributed by atoms with Gasteiger partial charge in [0, 0.05) is 13.2 Å². The summed E-state index contributed by atoms with van der Waals surface area (Å²) in [5.41, 5.74) is 1.21. The molecule has 7 nitrogen and oxygen atoms in total. The molecule has 1 heterocycles. The van der Waals surface area contributed by atoms with Gasteiger partial charge in [0.1, 0.15) is 17.5 Å². The van der Waals surface area contributed by atoms with Crippen molar-refractivity contribution >= 4 is 18.1 Å². The molecule has 1 amide bonds. The fraction of sp³-hybridized carbons (Fsp3) is 0.227. The standard InChI is InChI=1S/C22H27FN6O/c1-6-24-16(3)26-14-29(5)17(4)28-21-20(8-7-13-25-21)22(30)27-15(2)18-9-11-19(23)12-10-18/h6-15,17,24H,1,3H2,2,4-5H3,(H,25,28)(H,27,30)/t15-,17?/m0/s1. The maximum atomic E-state index is 13.1. The predicted molar refractivity (Wildman–Crippen MR) is 118 cm³/mol. The highest BCUT2D eigenvalue weighted by Crippen LogP contribution is 2.17. The summed E-state index contributed by atoms with van der Waals surface area (Å²) in [4.78, 5) is 23.1. The van der Waals surface area contributed by atoms with Gasteiger partial charge in [-0.15, -0.1) is 0 Å². The average Bonchev–Trinajstić information content (AvgIpc) is 2.72. The van der Waals surface area contributed by atoms with E-state index in [-0.39, 0.29) is 23.9 Å². The van der Waals surface area contributed by atoms with Gasteiger partial charge >= 0.3 is 0 Å². The van der Waals surface area contributed by atoms with Gasteiger partial charge in [-0.1, -0.05) is 25.3 Å². The number of pyridine rings is 1. The van der Waals surface area contributed by atoms with Crippen molar-refractivity contribution in [1.82, 2.24) is 20.5 Å². The number of aromatic nitrogens is 1. The number of benzene rings is 1. The molecule has 0 radical (unpaired) electrons. The lowest BCUT2D eigenvalue weighted by Gasteiger charge is -2.25. The van der Waals surface area contributed by atoms with Crippen molar-refractivity contribution in [2.45, 2.75) is 26.1 Å². The highest BCUT2D eigenvalue weighted by molar-refractivity contribution is 5.99. The van der Waals surface area contributed by atoms with E-state index in [0.717, 1.165) is 5.56 Å². The number of halogens is 1. The molecular weight excluding hydrogens is 383 g/mol. The molecule has 0 saturated carbocycles. The largest absolute Gasteiger partial charge is 0.350 e. The Kier molecular flexibility index (Phi) is 8.10. The first-order valence-corrected chi connectivity index (χ1v) is 9.42. The molecule has 30 heavy (non-hydrogen) atoms. The highest BCUT2D eigenvalue weighted by atomic mass is 19.1. The Bertz CT molecular complexity index is 912. The van der Waals surface area contributed by atoms with Crippen LogP contribution in [0.15, 0.2) is 72.8 Å². The van der Waals surface area contributed by atoms with Crippen LogP contribution in [0.2, 0.25) is 0 Å². The van der Waals surface area contributed by atoms with Crippen LogP contribution in [0.5, 0.6) is 0 Å². The van der Waals surface area contributed by atoms with E-state index in [0.29, 0.717) is 17.2 Å². The lowest BCUT2D eigenvalue weighted by Crippen LogP contribution is -2.36. The first kappa shape index (κ1) is 22.6. The Labute approximate surface area is 176 Å². The van der Waals surface area contributed by atoms with Crippen LogP contribution in [0.3, 0.4) is 0 Å². The van der Waals surface area contributed by atoms with E-state index in [4.69, 9.17) is 0 Å². The van der Waals surface area contributed by atoms with E-state index in [2.05, 4.69) is 39.1 Å². The number of nitrogens with zero attached hydrogens (tertiary/aromatic N) is 3. The van der Waals surface area contributed by atoms with Crippen LogP contribution in [-0.4, -0.2) is 35.3 Å². The van der Waals surface area contributed by atoms with Crippen molar-refractivity contribution in [3.8, 4) is 0 Å². The number of carbonyl (C=O) groups excluding carboxylic acids is 1. The number of amides is 1. The van der Waals surface area contributed by atoms with Crippen molar-refractivity contribution in [2.24, 2.45) is 4.99 Å². The van der Waals surface area contributed by atoms with Crippen LogP contribution in [0.1, 0.15) is 35.8 Å². The Morgan fingerprint density at radius 3 is 2.63 bits per heavy atom. The van der Waals surface area contributed by atoms with Gasteiger partial charge in [-0.3, -0.25) is 4.79 Å². The Morgan fingerprint density at radius 1 is 1.27 bits per heavy atom. The topological polar surface area (TPSA) is 81.7 Å². The van der Waals surface area contributed by atoms with Gasteiger partial charge in [0.25, 0.3) is 5.91 Å². The minimum atomic E-state index is -0.318. The maximum Gasteiger partial charge on any atom is 0.255 e. The van der Waals surface area contributed by atoms with Gasteiger partial charge in [-0.25, -0.2) is 14.4 Å². The number of rotatable bonds is 10. The van der Waals surface area contributed by atoms with Gasteiger partial charge in [0.05, 0.1) is 24.1 Å². The van der Waals surface area contributed by atoms with Crippen molar-refractivity contribution in [3.63, 3.8) is 0 Å². The predicted octanol–water partition coefficient (Wildman–Crippen LogP) is 3.63. The molecule has 1 aromatic heterocycles. The summed E-state index contributed by atoms with van der Waals surface area (Å²) in [6.07, 6.45) is 4.50. The van der Waals surface area contributed by atoms with E-state index in [1.165, 1.54) is 18.3 Å². The second-order valence-corrected chi connectivity index (χ2v) is 6.67. The molecule has 0 bridgehead atoms. The minimum absolute atomic E-state index is 0.207. The van der Waals surface area contributed by atoms with Gasteiger partial charge in [-0.2, -0.15) is 0 Å². The summed E-state index contributed by atoms with van der Waals surface area (Å²) < 4.78 is 13.1. The zero-order valence-corrected chi connectivity index (χ0v) is 17.4. The van der Waals surface area contributed by atoms with Crippen LogP contribution in [0, 0.1) is 5.82 Å². The second-order valence-electron chi connectivity index (χ2n) is 6.67. The molecule has 3 N–H and O–H groups in total. The Morgan fingerprint density at radius 2 is 1.97 bits per heavy atom. The summed E-state index contributed by atoms with van der Waals surface area (Å²) in [5.74, 6) is 0.296. The lowest BCUT2D eigenvalue weighted by molar-refractivity contribution is 0.0940. The third kappa shape index (κ3) is 6.44. The number of nitrogens with one attached hydrogen (secondary N) is 3. The van der Waals surface area contributed by atoms with Crippen LogP contribution in [0.4, 0.5) is 10.2 Å². The molecule has 0 fully saturated rings. The van der Waals surface area contributed by atoms with Crippen molar-refractivity contribution in [3.05, 3.63) is 84.7 Å². The molecule has 8 heteroatoms. The lowest BCUT2D eigenvalue weighted by atomic mass is 10.1. The third-order valence-corrected chi connectivity index (χ3v) is 4.39. The van der Waals surface area contributed by atoms with Crippen LogP contribution in [0.25, 0.3) is 0 Å².